The Morgan fingerprint density at radius 2 is 1.86 bits per heavy atom. The number of nitrogens with one attached hydrogen (secondary N) is 2. The van der Waals surface area contributed by atoms with Gasteiger partial charge in [0.2, 0.25) is 15.9 Å². The molecule has 2 fully saturated rings. The number of unbranched alkanes of at least 4 members (excludes halogenated alkanes) is 1. The number of hydrogen-bond acceptors (Lipinski definition) is 8. The van der Waals surface area contributed by atoms with Crippen LogP contribution in [0.2, 0.25) is 5.02 Å². The number of para-hydroxylation sites is 1. The van der Waals surface area contributed by atoms with Crippen LogP contribution >= 0.6 is 11.6 Å². The van der Waals surface area contributed by atoms with Gasteiger partial charge in [0.25, 0.3) is 5.91 Å². The molecule has 2 aliphatic rings. The van der Waals surface area contributed by atoms with E-state index in [1.54, 1.807) is 6.07 Å². The fraction of sp³-hybridized carbons (Fsp3) is 0.448. The van der Waals surface area contributed by atoms with E-state index < -0.39 is 22.0 Å². The molecule has 0 aliphatic carbocycles. The van der Waals surface area contributed by atoms with Gasteiger partial charge in [-0.05, 0) is 37.1 Å². The summed E-state index contributed by atoms with van der Waals surface area (Å²) in [5, 5.41) is 3.82. The second-order valence-corrected chi connectivity index (χ2v) is 12.7. The number of hydrogen-bond donors (Lipinski definition) is 3. The zero-order chi connectivity index (χ0) is 30.4. The minimum Gasteiger partial charge on any atom is -0.491 e. The number of morpholine rings is 2. The second kappa shape index (κ2) is 14.0. The van der Waals surface area contributed by atoms with Crippen molar-refractivity contribution in [1.82, 2.24) is 14.2 Å². The van der Waals surface area contributed by atoms with Crippen LogP contribution in [-0.2, 0) is 24.3 Å². The van der Waals surface area contributed by atoms with Gasteiger partial charge in [-0.15, -0.1) is 0 Å². The molecule has 2 aromatic carbocycles. The Bertz CT molecular complexity index is 1540. The van der Waals surface area contributed by atoms with Crippen LogP contribution in [0.1, 0.15) is 29.8 Å². The van der Waals surface area contributed by atoms with Crippen molar-refractivity contribution in [3.63, 3.8) is 0 Å². The maximum atomic E-state index is 14.0. The molecule has 232 valence electrons. The Kier molecular flexibility index (Phi) is 10.1. The summed E-state index contributed by atoms with van der Waals surface area (Å²) in [6, 6.07) is 12.3. The van der Waals surface area contributed by atoms with Crippen molar-refractivity contribution in [1.29, 1.82) is 0 Å². The number of sulfonamides is 1. The van der Waals surface area contributed by atoms with Crippen molar-refractivity contribution in [2.24, 2.45) is 5.73 Å². The van der Waals surface area contributed by atoms with E-state index in [-0.39, 0.29) is 48.2 Å². The summed E-state index contributed by atoms with van der Waals surface area (Å²) >= 11 is 6.44. The average molecular weight is 634 g/mol. The fourth-order valence-corrected chi connectivity index (χ4v) is 7.26. The number of anilines is 1. The molecule has 0 saturated carbocycles. The number of nitrogens with two attached hydrogens (primary N) is 1. The minimum atomic E-state index is -4.19. The third-order valence-electron chi connectivity index (χ3n) is 7.45. The number of primary amides is 1. The van der Waals surface area contributed by atoms with E-state index in [0.29, 0.717) is 74.1 Å². The van der Waals surface area contributed by atoms with Crippen molar-refractivity contribution in [2.45, 2.75) is 30.3 Å². The van der Waals surface area contributed by atoms with Crippen molar-refractivity contribution in [3.8, 4) is 5.75 Å². The Labute approximate surface area is 255 Å². The number of carbonyl (C=O) groups excluding carboxylic acids is 2. The predicted molar refractivity (Wildman–Crippen MR) is 162 cm³/mol. The van der Waals surface area contributed by atoms with Crippen molar-refractivity contribution in [3.05, 3.63) is 53.2 Å². The van der Waals surface area contributed by atoms with Crippen LogP contribution in [0.3, 0.4) is 0 Å². The highest BCUT2D eigenvalue weighted by Gasteiger charge is 2.36. The lowest BCUT2D eigenvalue weighted by Crippen LogP contribution is -2.47. The molecule has 0 radical (unpaired) electrons. The number of amides is 2. The number of rotatable bonds is 12. The lowest BCUT2D eigenvalue weighted by Gasteiger charge is -2.32. The standard InChI is InChI=1S/C29H36ClN5O7S/c30-20-16-23-26(24(17-20)32-9-5-4-8-25(36)34-10-13-40-14-11-34)33-27(29(31)37)28(23)43(38,39)35-12-15-41-22(18-35)19-42-21-6-2-1-3-7-21/h1-3,6-7,16-17,22,32-33H,4-5,8-15,18-19H2,(H2,31,37). The number of halogens is 1. The highest BCUT2D eigenvalue weighted by molar-refractivity contribution is 7.89. The van der Waals surface area contributed by atoms with Crippen LogP contribution in [0.4, 0.5) is 5.69 Å². The van der Waals surface area contributed by atoms with Crippen LogP contribution in [0.25, 0.3) is 10.9 Å². The summed E-state index contributed by atoms with van der Waals surface area (Å²) < 4.78 is 46.2. The average Bonchev–Trinajstić information content (AvgIpc) is 3.41. The summed E-state index contributed by atoms with van der Waals surface area (Å²) in [4.78, 5) is 29.4. The first-order chi connectivity index (χ1) is 20.7. The largest absolute Gasteiger partial charge is 0.491 e. The SMILES string of the molecule is NC(=O)c1[nH]c2c(NCCCCC(=O)N3CCOCC3)cc(Cl)cc2c1S(=O)(=O)N1CCOC(COc2ccccc2)C1. The highest BCUT2D eigenvalue weighted by atomic mass is 35.5. The summed E-state index contributed by atoms with van der Waals surface area (Å²) in [5.41, 5.74) is 6.38. The van der Waals surface area contributed by atoms with Gasteiger partial charge in [0.1, 0.15) is 29.0 Å². The molecule has 2 amide bonds. The number of ether oxygens (including phenoxy) is 3. The molecule has 14 heteroatoms. The van der Waals surface area contributed by atoms with E-state index in [0.717, 1.165) is 0 Å². The summed E-state index contributed by atoms with van der Waals surface area (Å²) in [7, 11) is -4.19. The molecule has 1 atom stereocenters. The van der Waals surface area contributed by atoms with Crippen molar-refractivity contribution >= 4 is 50.0 Å². The quantitative estimate of drug-likeness (QED) is 0.257. The third kappa shape index (κ3) is 7.42. The van der Waals surface area contributed by atoms with Gasteiger partial charge < -0.3 is 35.1 Å². The van der Waals surface area contributed by atoms with E-state index in [1.807, 2.05) is 35.2 Å². The first-order valence-corrected chi connectivity index (χ1v) is 16.1. The molecule has 2 aliphatic heterocycles. The number of aromatic amines is 1. The normalized spacial score (nSPS) is 18.1. The van der Waals surface area contributed by atoms with Crippen LogP contribution in [-0.4, -0.2) is 99.7 Å². The van der Waals surface area contributed by atoms with E-state index in [2.05, 4.69) is 10.3 Å². The van der Waals surface area contributed by atoms with Crippen molar-refractivity contribution < 1.29 is 32.2 Å². The molecule has 4 N–H and O–H groups in total. The number of nitrogens with zero attached hydrogens (tertiary/aromatic N) is 2. The molecule has 0 bridgehead atoms. The molecule has 1 aromatic heterocycles. The van der Waals surface area contributed by atoms with Crippen LogP contribution in [0.15, 0.2) is 47.4 Å². The molecule has 1 unspecified atom stereocenters. The molecule has 0 spiro atoms. The number of carbonyl (C=O) groups is 2. The zero-order valence-corrected chi connectivity index (χ0v) is 25.3. The second-order valence-electron chi connectivity index (χ2n) is 10.4. The first-order valence-electron chi connectivity index (χ1n) is 14.3. The van der Waals surface area contributed by atoms with Gasteiger partial charge in [-0.25, -0.2) is 8.42 Å². The predicted octanol–water partition coefficient (Wildman–Crippen LogP) is 2.83. The maximum Gasteiger partial charge on any atom is 0.266 e. The summed E-state index contributed by atoms with van der Waals surface area (Å²) in [5.74, 6) is -0.150. The molecule has 5 rings (SSSR count). The first kappa shape index (κ1) is 31.1. The monoisotopic (exact) mass is 633 g/mol. The van der Waals surface area contributed by atoms with Gasteiger partial charge in [0.05, 0.1) is 31.0 Å². The lowest BCUT2D eigenvalue weighted by molar-refractivity contribution is -0.135. The highest BCUT2D eigenvalue weighted by Crippen LogP contribution is 2.36. The molecular weight excluding hydrogens is 598 g/mol. The molecule has 43 heavy (non-hydrogen) atoms. The molecule has 12 nitrogen and oxygen atoms in total. The van der Waals surface area contributed by atoms with Crippen LogP contribution in [0, 0.1) is 0 Å². The van der Waals surface area contributed by atoms with E-state index in [1.165, 1.54) is 10.4 Å². The molecule has 3 aromatic rings. The molecular formula is C29H36ClN5O7S. The number of aromatic nitrogens is 1. The topological polar surface area (TPSA) is 156 Å². The number of benzene rings is 2. The van der Waals surface area contributed by atoms with Gasteiger partial charge in [0.15, 0.2) is 0 Å². The van der Waals surface area contributed by atoms with E-state index in [9.17, 15) is 18.0 Å². The fourth-order valence-electron chi connectivity index (χ4n) is 5.26. The Balaban J connectivity index is 1.30. The summed E-state index contributed by atoms with van der Waals surface area (Å²) in [6.07, 6.45) is 1.29. The van der Waals surface area contributed by atoms with Gasteiger partial charge in [0, 0.05) is 49.6 Å². The molecule has 3 heterocycles. The van der Waals surface area contributed by atoms with Gasteiger partial charge >= 0.3 is 0 Å². The Hall–Kier alpha value is -3.36. The number of fused-ring (bicyclic) bond motifs is 1. The van der Waals surface area contributed by atoms with Crippen LogP contribution < -0.4 is 15.8 Å². The number of H-pyrrole nitrogens is 1. The lowest BCUT2D eigenvalue weighted by atomic mass is 10.2. The molecule has 2 saturated heterocycles. The maximum absolute atomic E-state index is 14.0. The Morgan fingerprint density at radius 3 is 2.60 bits per heavy atom. The van der Waals surface area contributed by atoms with E-state index in [4.69, 9.17) is 31.5 Å². The van der Waals surface area contributed by atoms with Gasteiger partial charge in [-0.2, -0.15) is 4.31 Å². The zero-order valence-electron chi connectivity index (χ0n) is 23.7. The van der Waals surface area contributed by atoms with Gasteiger partial charge in [-0.1, -0.05) is 29.8 Å². The van der Waals surface area contributed by atoms with Gasteiger partial charge in [-0.3, -0.25) is 9.59 Å². The van der Waals surface area contributed by atoms with E-state index >= 15 is 0 Å². The summed E-state index contributed by atoms with van der Waals surface area (Å²) in [6.45, 7) is 3.32. The third-order valence-corrected chi connectivity index (χ3v) is 9.62. The Morgan fingerprint density at radius 1 is 1.09 bits per heavy atom. The van der Waals surface area contributed by atoms with Crippen LogP contribution in [0.5, 0.6) is 5.75 Å². The van der Waals surface area contributed by atoms with Crippen molar-refractivity contribution in [2.75, 3.05) is 64.5 Å². The minimum absolute atomic E-state index is 0.0366. The smallest absolute Gasteiger partial charge is 0.266 e.